The van der Waals surface area contributed by atoms with Gasteiger partial charge in [0.15, 0.2) is 5.78 Å². The SMILES string of the molecule is O=C(COc1ccc2cc(Br)ccc2c1)C12CC3CC(CC(C3)C1)C2. The van der Waals surface area contributed by atoms with Crippen molar-refractivity contribution < 1.29 is 9.53 Å². The first-order valence-corrected chi connectivity index (χ1v) is 10.2. The fraction of sp³-hybridized carbons (Fsp3) is 0.500. The van der Waals surface area contributed by atoms with E-state index in [0.29, 0.717) is 5.78 Å². The Kier molecular flexibility index (Phi) is 3.70. The van der Waals surface area contributed by atoms with E-state index in [1.807, 2.05) is 18.2 Å². The van der Waals surface area contributed by atoms with Crippen molar-refractivity contribution in [2.24, 2.45) is 23.2 Å². The largest absolute Gasteiger partial charge is 0.486 e. The second-order valence-corrected chi connectivity index (χ2v) is 9.48. The molecule has 0 radical (unpaired) electrons. The van der Waals surface area contributed by atoms with Gasteiger partial charge in [0.25, 0.3) is 0 Å². The fourth-order valence-corrected chi connectivity index (χ4v) is 6.42. The predicted molar refractivity (Wildman–Crippen MR) is 103 cm³/mol. The van der Waals surface area contributed by atoms with E-state index in [4.69, 9.17) is 4.74 Å². The molecule has 2 nitrogen and oxygen atoms in total. The Hall–Kier alpha value is -1.35. The van der Waals surface area contributed by atoms with Crippen LogP contribution >= 0.6 is 15.9 Å². The third kappa shape index (κ3) is 2.81. The molecular weight excluding hydrogens is 376 g/mol. The van der Waals surface area contributed by atoms with Crippen molar-refractivity contribution >= 4 is 32.5 Å². The van der Waals surface area contributed by atoms with Crippen LogP contribution in [-0.2, 0) is 4.79 Å². The topological polar surface area (TPSA) is 26.3 Å². The number of benzene rings is 2. The molecule has 0 aromatic heterocycles. The fourth-order valence-electron chi connectivity index (χ4n) is 6.04. The zero-order chi connectivity index (χ0) is 17.0. The Labute approximate surface area is 157 Å². The lowest BCUT2D eigenvalue weighted by atomic mass is 9.48. The van der Waals surface area contributed by atoms with Crippen molar-refractivity contribution in [2.75, 3.05) is 6.61 Å². The molecule has 4 aliphatic rings. The highest BCUT2D eigenvalue weighted by molar-refractivity contribution is 9.10. The zero-order valence-electron chi connectivity index (χ0n) is 14.3. The molecule has 0 aliphatic heterocycles. The third-order valence-corrected chi connectivity index (χ3v) is 7.27. The molecule has 4 fully saturated rings. The summed E-state index contributed by atoms with van der Waals surface area (Å²) in [5.41, 5.74) is -0.0591. The van der Waals surface area contributed by atoms with Crippen LogP contribution in [0.1, 0.15) is 38.5 Å². The molecule has 0 spiro atoms. The van der Waals surface area contributed by atoms with Gasteiger partial charge in [-0.1, -0.05) is 28.1 Å². The van der Waals surface area contributed by atoms with Crippen LogP contribution in [-0.4, -0.2) is 12.4 Å². The summed E-state index contributed by atoms with van der Waals surface area (Å²) in [4.78, 5) is 13.0. The number of carbonyl (C=O) groups excluding carboxylic acids is 1. The molecule has 0 amide bonds. The van der Waals surface area contributed by atoms with Crippen molar-refractivity contribution in [3.63, 3.8) is 0 Å². The summed E-state index contributed by atoms with van der Waals surface area (Å²) in [6, 6.07) is 12.3. The van der Waals surface area contributed by atoms with Gasteiger partial charge in [-0.3, -0.25) is 4.79 Å². The summed E-state index contributed by atoms with van der Waals surface area (Å²) in [5.74, 6) is 3.55. The molecule has 0 heterocycles. The molecule has 0 N–H and O–H groups in total. The van der Waals surface area contributed by atoms with Crippen LogP contribution in [0, 0.1) is 23.2 Å². The number of fused-ring (bicyclic) bond motifs is 1. The average Bonchev–Trinajstić information content (AvgIpc) is 2.58. The Bertz CT molecular complexity index is 806. The van der Waals surface area contributed by atoms with Crippen molar-refractivity contribution in [2.45, 2.75) is 38.5 Å². The number of ketones is 1. The normalized spacial score (nSPS) is 32.9. The van der Waals surface area contributed by atoms with E-state index in [1.54, 1.807) is 0 Å². The van der Waals surface area contributed by atoms with Crippen LogP contribution in [0.5, 0.6) is 5.75 Å². The third-order valence-electron chi connectivity index (χ3n) is 6.77. The summed E-state index contributed by atoms with van der Waals surface area (Å²) in [5, 5.41) is 2.32. The Balaban J connectivity index is 1.31. The van der Waals surface area contributed by atoms with Gasteiger partial charge in [0.05, 0.1) is 0 Å². The summed E-state index contributed by atoms with van der Waals surface area (Å²) in [6.07, 6.45) is 7.46. The van der Waals surface area contributed by atoms with Crippen LogP contribution < -0.4 is 4.74 Å². The summed E-state index contributed by atoms with van der Waals surface area (Å²) in [7, 11) is 0. The highest BCUT2D eigenvalue weighted by atomic mass is 79.9. The minimum Gasteiger partial charge on any atom is -0.486 e. The van der Waals surface area contributed by atoms with Crippen LogP contribution in [0.3, 0.4) is 0 Å². The maximum Gasteiger partial charge on any atom is 0.176 e. The van der Waals surface area contributed by atoms with Gasteiger partial charge < -0.3 is 4.74 Å². The molecule has 25 heavy (non-hydrogen) atoms. The number of carbonyl (C=O) groups is 1. The molecule has 2 aromatic rings. The summed E-state index contributed by atoms with van der Waals surface area (Å²) < 4.78 is 7.01. The van der Waals surface area contributed by atoms with Gasteiger partial charge in [0.2, 0.25) is 0 Å². The first kappa shape index (κ1) is 15.9. The first-order valence-electron chi connectivity index (χ1n) is 9.45. The van der Waals surface area contributed by atoms with Gasteiger partial charge in [-0.05, 0) is 91.3 Å². The van der Waals surface area contributed by atoms with E-state index in [-0.39, 0.29) is 12.0 Å². The maximum atomic E-state index is 13.0. The number of hydrogen-bond donors (Lipinski definition) is 0. The monoisotopic (exact) mass is 398 g/mol. The van der Waals surface area contributed by atoms with E-state index < -0.39 is 0 Å². The standard InChI is InChI=1S/C22H23BrO2/c23-19-3-1-18-9-20(4-2-17(18)8-19)25-13-21(24)22-10-14-5-15(11-22)7-16(6-14)12-22/h1-4,8-9,14-16H,5-7,10-13H2. The number of ether oxygens (including phenoxy) is 1. The van der Waals surface area contributed by atoms with Gasteiger partial charge in [-0.25, -0.2) is 0 Å². The Morgan fingerprint density at radius 1 is 0.960 bits per heavy atom. The number of hydrogen-bond acceptors (Lipinski definition) is 2. The number of Topliss-reactive ketones (excluding diaryl/α,β-unsaturated/α-hetero) is 1. The van der Waals surface area contributed by atoms with E-state index >= 15 is 0 Å². The van der Waals surface area contributed by atoms with Crippen molar-refractivity contribution in [1.82, 2.24) is 0 Å². The maximum absolute atomic E-state index is 13.0. The van der Waals surface area contributed by atoms with E-state index in [1.165, 1.54) is 24.6 Å². The molecule has 4 aliphatic carbocycles. The van der Waals surface area contributed by atoms with E-state index in [2.05, 4.69) is 34.1 Å². The van der Waals surface area contributed by atoms with Crippen LogP contribution in [0.2, 0.25) is 0 Å². The quantitative estimate of drug-likeness (QED) is 0.653. The molecule has 0 saturated heterocycles. The molecule has 0 atom stereocenters. The minimum atomic E-state index is -0.0591. The van der Waals surface area contributed by atoms with Gasteiger partial charge >= 0.3 is 0 Å². The second kappa shape index (κ2) is 5.84. The molecule has 2 aromatic carbocycles. The lowest BCUT2D eigenvalue weighted by molar-refractivity contribution is -0.145. The zero-order valence-corrected chi connectivity index (χ0v) is 15.9. The van der Waals surface area contributed by atoms with Gasteiger partial charge in [-0.2, -0.15) is 0 Å². The van der Waals surface area contributed by atoms with Gasteiger partial charge in [0.1, 0.15) is 12.4 Å². The van der Waals surface area contributed by atoms with Crippen molar-refractivity contribution in [1.29, 1.82) is 0 Å². The van der Waals surface area contributed by atoms with Crippen LogP contribution in [0.4, 0.5) is 0 Å². The molecule has 0 unspecified atom stereocenters. The predicted octanol–water partition coefficient (Wildman–Crippen LogP) is 5.77. The lowest BCUT2D eigenvalue weighted by Gasteiger charge is -2.55. The Morgan fingerprint density at radius 3 is 2.24 bits per heavy atom. The van der Waals surface area contributed by atoms with Crippen LogP contribution in [0.25, 0.3) is 10.8 Å². The minimum absolute atomic E-state index is 0.0591. The Morgan fingerprint density at radius 2 is 1.56 bits per heavy atom. The van der Waals surface area contributed by atoms with E-state index in [9.17, 15) is 4.79 Å². The summed E-state index contributed by atoms with van der Waals surface area (Å²) in [6.45, 7) is 0.230. The highest BCUT2D eigenvalue weighted by Gasteiger charge is 2.54. The highest BCUT2D eigenvalue weighted by Crippen LogP contribution is 2.60. The van der Waals surface area contributed by atoms with Gasteiger partial charge in [-0.15, -0.1) is 0 Å². The van der Waals surface area contributed by atoms with Crippen molar-refractivity contribution in [3.8, 4) is 5.75 Å². The smallest absolute Gasteiger partial charge is 0.176 e. The molecule has 4 bridgehead atoms. The molecular formula is C22H23BrO2. The van der Waals surface area contributed by atoms with E-state index in [0.717, 1.165) is 52.6 Å². The second-order valence-electron chi connectivity index (χ2n) is 8.56. The number of rotatable bonds is 4. The molecule has 6 rings (SSSR count). The summed E-state index contributed by atoms with van der Waals surface area (Å²) >= 11 is 3.50. The lowest BCUT2D eigenvalue weighted by Crippen LogP contribution is -2.51. The molecule has 3 heteroatoms. The number of halogens is 1. The van der Waals surface area contributed by atoms with Crippen LogP contribution in [0.15, 0.2) is 40.9 Å². The molecule has 4 saturated carbocycles. The van der Waals surface area contributed by atoms with Gasteiger partial charge in [0, 0.05) is 9.89 Å². The average molecular weight is 399 g/mol. The molecule has 130 valence electrons. The first-order chi connectivity index (χ1) is 12.1. The van der Waals surface area contributed by atoms with Crippen molar-refractivity contribution in [3.05, 3.63) is 40.9 Å².